The summed E-state index contributed by atoms with van der Waals surface area (Å²) < 4.78 is 5.46. The molecule has 0 bridgehead atoms. The molecule has 94 valence electrons. The van der Waals surface area contributed by atoms with Crippen molar-refractivity contribution in [2.45, 2.75) is 6.42 Å². The number of nitrogens with two attached hydrogens (primary N) is 1. The number of amidine groups is 1. The van der Waals surface area contributed by atoms with Gasteiger partial charge in [-0.25, -0.2) is 4.98 Å². The highest BCUT2D eigenvalue weighted by Gasteiger charge is 2.03. The minimum atomic E-state index is -0.0243. The van der Waals surface area contributed by atoms with E-state index in [9.17, 15) is 0 Å². The summed E-state index contributed by atoms with van der Waals surface area (Å²) in [4.78, 5) is 6.20. The molecule has 1 aromatic heterocycles. The van der Waals surface area contributed by atoms with Crippen molar-refractivity contribution in [1.29, 1.82) is 0 Å². The smallest absolute Gasteiger partial charge is 0.213 e. The van der Waals surface area contributed by atoms with Gasteiger partial charge in [0.05, 0.1) is 6.61 Å². The minimum Gasteiger partial charge on any atom is -0.478 e. The average molecular weight is 238 g/mol. The average Bonchev–Trinajstić information content (AvgIpc) is 2.34. The molecule has 0 aliphatic rings. The number of hydrogen-bond acceptors (Lipinski definition) is 5. The Balaban J connectivity index is 2.49. The molecule has 0 atom stereocenters. The molecule has 3 N–H and O–H groups in total. The second-order valence-corrected chi connectivity index (χ2v) is 3.85. The van der Waals surface area contributed by atoms with Crippen LogP contribution in [0.4, 0.5) is 0 Å². The summed E-state index contributed by atoms with van der Waals surface area (Å²) in [6, 6.07) is 5.15. The number of ether oxygens (including phenoxy) is 1. The molecule has 0 unspecified atom stereocenters. The topological polar surface area (TPSA) is 84.0 Å². The van der Waals surface area contributed by atoms with Gasteiger partial charge in [-0.3, -0.25) is 0 Å². The molecule has 6 nitrogen and oxygen atoms in total. The van der Waals surface area contributed by atoms with Crippen LogP contribution in [-0.2, 0) is 0 Å². The quantitative estimate of drug-likeness (QED) is 0.248. The third kappa shape index (κ3) is 4.69. The van der Waals surface area contributed by atoms with Gasteiger partial charge in [0.25, 0.3) is 0 Å². The highest BCUT2D eigenvalue weighted by atomic mass is 16.5. The van der Waals surface area contributed by atoms with E-state index >= 15 is 0 Å². The second kappa shape index (κ2) is 6.70. The summed E-state index contributed by atoms with van der Waals surface area (Å²) in [7, 11) is 4.02. The fourth-order valence-corrected chi connectivity index (χ4v) is 1.25. The molecule has 1 aromatic rings. The number of aromatic nitrogens is 1. The Kier molecular flexibility index (Phi) is 5.22. The van der Waals surface area contributed by atoms with E-state index in [0.717, 1.165) is 13.0 Å². The second-order valence-electron chi connectivity index (χ2n) is 3.85. The van der Waals surface area contributed by atoms with Crippen molar-refractivity contribution in [3.05, 3.63) is 23.9 Å². The SMILES string of the molecule is CN(C)CCCOc1cccc(C(N)=NO)n1. The van der Waals surface area contributed by atoms with E-state index in [0.29, 0.717) is 18.2 Å². The van der Waals surface area contributed by atoms with Gasteiger partial charge in [0, 0.05) is 12.6 Å². The summed E-state index contributed by atoms with van der Waals surface area (Å²) in [6.07, 6.45) is 0.919. The van der Waals surface area contributed by atoms with Crippen molar-refractivity contribution < 1.29 is 9.94 Å². The zero-order chi connectivity index (χ0) is 12.7. The van der Waals surface area contributed by atoms with E-state index in [-0.39, 0.29) is 5.84 Å². The van der Waals surface area contributed by atoms with Gasteiger partial charge in [-0.1, -0.05) is 11.2 Å². The van der Waals surface area contributed by atoms with Crippen LogP contribution in [-0.4, -0.2) is 48.2 Å². The number of oxime groups is 1. The summed E-state index contributed by atoms with van der Waals surface area (Å²) in [5, 5.41) is 11.4. The molecule has 0 aliphatic heterocycles. The standard InChI is InChI=1S/C11H18N4O2/c1-15(2)7-4-8-17-10-6-3-5-9(13-10)11(12)14-16/h3,5-6,16H,4,7-8H2,1-2H3,(H2,12,14). The molecule has 0 fully saturated rings. The maximum Gasteiger partial charge on any atom is 0.213 e. The lowest BCUT2D eigenvalue weighted by Gasteiger charge is -2.10. The summed E-state index contributed by atoms with van der Waals surface area (Å²) >= 11 is 0. The Hall–Kier alpha value is -1.82. The van der Waals surface area contributed by atoms with E-state index in [4.69, 9.17) is 15.7 Å². The summed E-state index contributed by atoms with van der Waals surface area (Å²) in [6.45, 7) is 1.55. The first kappa shape index (κ1) is 13.2. The molecule has 0 aliphatic carbocycles. The number of nitrogens with zero attached hydrogens (tertiary/aromatic N) is 3. The van der Waals surface area contributed by atoms with Crippen LogP contribution >= 0.6 is 0 Å². The van der Waals surface area contributed by atoms with E-state index in [2.05, 4.69) is 15.0 Å². The van der Waals surface area contributed by atoms with Gasteiger partial charge in [-0.15, -0.1) is 0 Å². The van der Waals surface area contributed by atoms with Crippen LogP contribution in [0.15, 0.2) is 23.4 Å². The first-order valence-corrected chi connectivity index (χ1v) is 5.36. The largest absolute Gasteiger partial charge is 0.478 e. The third-order valence-electron chi connectivity index (χ3n) is 2.09. The van der Waals surface area contributed by atoms with Gasteiger partial charge in [0.15, 0.2) is 5.84 Å². The van der Waals surface area contributed by atoms with Crippen molar-refractivity contribution in [2.75, 3.05) is 27.2 Å². The number of pyridine rings is 1. The maximum absolute atomic E-state index is 8.53. The van der Waals surface area contributed by atoms with Crippen LogP contribution in [0.25, 0.3) is 0 Å². The zero-order valence-corrected chi connectivity index (χ0v) is 10.1. The van der Waals surface area contributed by atoms with E-state index in [1.165, 1.54) is 0 Å². The molecule has 0 aromatic carbocycles. The molecule has 0 radical (unpaired) electrons. The molecule has 17 heavy (non-hydrogen) atoms. The predicted molar refractivity (Wildman–Crippen MR) is 65.4 cm³/mol. The van der Waals surface area contributed by atoms with Crippen LogP contribution in [0.1, 0.15) is 12.1 Å². The van der Waals surface area contributed by atoms with Crippen molar-refractivity contribution in [3.8, 4) is 5.88 Å². The fourth-order valence-electron chi connectivity index (χ4n) is 1.25. The van der Waals surface area contributed by atoms with Crippen molar-refractivity contribution in [1.82, 2.24) is 9.88 Å². The Morgan fingerprint density at radius 2 is 2.29 bits per heavy atom. The van der Waals surface area contributed by atoms with Crippen molar-refractivity contribution in [3.63, 3.8) is 0 Å². The van der Waals surface area contributed by atoms with Gasteiger partial charge in [0.1, 0.15) is 5.69 Å². The van der Waals surface area contributed by atoms with Crippen LogP contribution in [0.3, 0.4) is 0 Å². The van der Waals surface area contributed by atoms with Gasteiger partial charge in [-0.2, -0.15) is 0 Å². The molecule has 6 heteroatoms. The molecular weight excluding hydrogens is 220 g/mol. The van der Waals surface area contributed by atoms with Gasteiger partial charge in [0.2, 0.25) is 5.88 Å². The van der Waals surface area contributed by atoms with Gasteiger partial charge < -0.3 is 20.6 Å². The molecule has 0 amide bonds. The molecule has 1 heterocycles. The lowest BCUT2D eigenvalue weighted by Crippen LogP contribution is -2.17. The van der Waals surface area contributed by atoms with Crippen molar-refractivity contribution >= 4 is 5.84 Å². The molecular formula is C11H18N4O2. The Labute approximate surface area is 101 Å². The van der Waals surface area contributed by atoms with E-state index < -0.39 is 0 Å². The first-order valence-electron chi connectivity index (χ1n) is 5.36. The summed E-state index contributed by atoms with van der Waals surface area (Å²) in [5.74, 6) is 0.455. The predicted octanol–water partition coefficient (Wildman–Crippen LogP) is 0.507. The van der Waals surface area contributed by atoms with Gasteiger partial charge >= 0.3 is 0 Å². The first-order chi connectivity index (χ1) is 8.13. The zero-order valence-electron chi connectivity index (χ0n) is 10.1. The normalized spacial score (nSPS) is 11.8. The molecule has 1 rings (SSSR count). The molecule has 0 spiro atoms. The number of hydrogen-bond donors (Lipinski definition) is 2. The number of rotatable bonds is 6. The Bertz CT molecular complexity index is 379. The Morgan fingerprint density at radius 1 is 1.53 bits per heavy atom. The third-order valence-corrected chi connectivity index (χ3v) is 2.09. The lowest BCUT2D eigenvalue weighted by atomic mass is 10.3. The minimum absolute atomic E-state index is 0.0243. The molecule has 0 saturated heterocycles. The molecule has 0 saturated carbocycles. The van der Waals surface area contributed by atoms with E-state index in [1.54, 1.807) is 18.2 Å². The monoisotopic (exact) mass is 238 g/mol. The fraction of sp³-hybridized carbons (Fsp3) is 0.455. The van der Waals surface area contributed by atoms with Crippen LogP contribution < -0.4 is 10.5 Å². The van der Waals surface area contributed by atoms with Crippen LogP contribution in [0, 0.1) is 0 Å². The Morgan fingerprint density at radius 3 is 2.94 bits per heavy atom. The van der Waals surface area contributed by atoms with Crippen LogP contribution in [0.5, 0.6) is 5.88 Å². The van der Waals surface area contributed by atoms with Gasteiger partial charge in [-0.05, 0) is 26.6 Å². The highest BCUT2D eigenvalue weighted by molar-refractivity contribution is 5.95. The maximum atomic E-state index is 8.53. The van der Waals surface area contributed by atoms with Crippen LogP contribution in [0.2, 0.25) is 0 Å². The van der Waals surface area contributed by atoms with E-state index in [1.807, 2.05) is 14.1 Å². The lowest BCUT2D eigenvalue weighted by molar-refractivity contribution is 0.273. The van der Waals surface area contributed by atoms with Crippen molar-refractivity contribution in [2.24, 2.45) is 10.9 Å². The summed E-state index contributed by atoms with van der Waals surface area (Å²) in [5.41, 5.74) is 5.83. The highest BCUT2D eigenvalue weighted by Crippen LogP contribution is 2.07.